The largest absolute Gasteiger partial charge is 0.354 e. The predicted molar refractivity (Wildman–Crippen MR) is 58.1 cm³/mol. The van der Waals surface area contributed by atoms with E-state index in [1.807, 2.05) is 0 Å². The molecule has 3 aliphatic rings. The molecule has 3 aliphatic carbocycles. The van der Waals surface area contributed by atoms with Crippen LogP contribution in [0.15, 0.2) is 0 Å². The molecule has 2 atom stereocenters. The Hall–Kier alpha value is -0.570. The van der Waals surface area contributed by atoms with E-state index in [4.69, 9.17) is 5.73 Å². The summed E-state index contributed by atoms with van der Waals surface area (Å²) in [7, 11) is 0. The van der Waals surface area contributed by atoms with Crippen molar-refractivity contribution in [3.63, 3.8) is 0 Å². The van der Waals surface area contributed by atoms with E-state index in [0.29, 0.717) is 12.5 Å². The molecule has 3 fully saturated rings. The van der Waals surface area contributed by atoms with Gasteiger partial charge in [0.2, 0.25) is 5.91 Å². The lowest BCUT2D eigenvalue weighted by Crippen LogP contribution is -2.55. The number of carbonyl (C=O) groups is 1. The third-order valence-electron chi connectivity index (χ3n) is 4.37. The highest BCUT2D eigenvalue weighted by atomic mass is 16.2. The van der Waals surface area contributed by atoms with E-state index in [-0.39, 0.29) is 11.4 Å². The molecular formula is C12H20N2O. The second-order valence-corrected chi connectivity index (χ2v) is 5.78. The highest BCUT2D eigenvalue weighted by Gasteiger charge is 2.51. The van der Waals surface area contributed by atoms with E-state index in [1.165, 1.54) is 19.3 Å². The smallest absolute Gasteiger partial charge is 0.223 e. The highest BCUT2D eigenvalue weighted by Crippen LogP contribution is 2.54. The maximum atomic E-state index is 11.8. The minimum absolute atomic E-state index is 0.0698. The summed E-state index contributed by atoms with van der Waals surface area (Å²) in [5.74, 6) is 2.21. The van der Waals surface area contributed by atoms with Gasteiger partial charge in [-0.25, -0.2) is 0 Å². The molecule has 3 N–H and O–H groups in total. The van der Waals surface area contributed by atoms with Crippen molar-refractivity contribution in [1.82, 2.24) is 5.32 Å². The second-order valence-electron chi connectivity index (χ2n) is 5.78. The summed E-state index contributed by atoms with van der Waals surface area (Å²) in [4.78, 5) is 11.8. The van der Waals surface area contributed by atoms with Crippen molar-refractivity contribution in [2.75, 3.05) is 6.54 Å². The van der Waals surface area contributed by atoms with Crippen molar-refractivity contribution in [3.8, 4) is 0 Å². The zero-order valence-electron chi connectivity index (χ0n) is 9.17. The van der Waals surface area contributed by atoms with Gasteiger partial charge in [0.25, 0.3) is 0 Å². The quantitative estimate of drug-likeness (QED) is 0.725. The Morgan fingerprint density at radius 3 is 2.67 bits per heavy atom. The first-order chi connectivity index (χ1) is 7.18. The lowest BCUT2D eigenvalue weighted by molar-refractivity contribution is -0.123. The molecule has 3 nitrogen and oxygen atoms in total. The van der Waals surface area contributed by atoms with E-state index in [0.717, 1.165) is 31.1 Å². The molecule has 3 rings (SSSR count). The number of hydrogen-bond donors (Lipinski definition) is 2. The fourth-order valence-electron chi connectivity index (χ4n) is 2.76. The molecule has 0 saturated heterocycles. The third kappa shape index (κ3) is 1.89. The first kappa shape index (κ1) is 9.64. The van der Waals surface area contributed by atoms with E-state index < -0.39 is 0 Å². The van der Waals surface area contributed by atoms with Crippen LogP contribution in [-0.2, 0) is 4.79 Å². The number of amides is 1. The molecule has 3 saturated carbocycles. The summed E-state index contributed by atoms with van der Waals surface area (Å²) in [6.45, 7) is 0.694. The van der Waals surface area contributed by atoms with Crippen molar-refractivity contribution in [2.45, 2.75) is 44.1 Å². The van der Waals surface area contributed by atoms with Gasteiger partial charge >= 0.3 is 0 Å². The van der Waals surface area contributed by atoms with Crippen LogP contribution in [0.4, 0.5) is 0 Å². The minimum Gasteiger partial charge on any atom is -0.354 e. The maximum absolute atomic E-state index is 11.8. The first-order valence-electron chi connectivity index (χ1n) is 6.25. The van der Waals surface area contributed by atoms with Crippen LogP contribution in [0.5, 0.6) is 0 Å². The van der Waals surface area contributed by atoms with Crippen molar-refractivity contribution in [3.05, 3.63) is 0 Å². The van der Waals surface area contributed by atoms with Crippen LogP contribution in [-0.4, -0.2) is 18.0 Å². The number of carbonyl (C=O) groups excluding carboxylic acids is 1. The summed E-state index contributed by atoms with van der Waals surface area (Å²) in [5, 5.41) is 3.04. The number of nitrogens with one attached hydrogen (secondary N) is 1. The van der Waals surface area contributed by atoms with Gasteiger partial charge in [-0.15, -0.1) is 0 Å². The SMILES string of the molecule is NC1(CNC(=O)C2CC2C2CC2)CCC1. The van der Waals surface area contributed by atoms with Crippen molar-refractivity contribution >= 4 is 5.91 Å². The van der Waals surface area contributed by atoms with Gasteiger partial charge in [0, 0.05) is 18.0 Å². The summed E-state index contributed by atoms with van der Waals surface area (Å²) in [6.07, 6.45) is 7.22. The molecule has 0 radical (unpaired) electrons. The number of hydrogen-bond acceptors (Lipinski definition) is 2. The Kier molecular flexibility index (Phi) is 2.06. The first-order valence-corrected chi connectivity index (χ1v) is 6.25. The third-order valence-corrected chi connectivity index (χ3v) is 4.37. The van der Waals surface area contributed by atoms with Crippen LogP contribution >= 0.6 is 0 Å². The topological polar surface area (TPSA) is 55.1 Å². The fourth-order valence-corrected chi connectivity index (χ4v) is 2.76. The standard InChI is InChI=1S/C12H20N2O/c13-12(4-1-5-12)7-14-11(15)10-6-9(10)8-2-3-8/h8-10H,1-7,13H2,(H,14,15). The zero-order valence-corrected chi connectivity index (χ0v) is 9.17. The summed E-state index contributed by atoms with van der Waals surface area (Å²) in [6, 6.07) is 0. The molecule has 2 unspecified atom stereocenters. The fraction of sp³-hybridized carbons (Fsp3) is 0.917. The summed E-state index contributed by atoms with van der Waals surface area (Å²) in [5.41, 5.74) is 5.99. The molecular weight excluding hydrogens is 188 g/mol. The highest BCUT2D eigenvalue weighted by molar-refractivity contribution is 5.81. The van der Waals surface area contributed by atoms with Crippen LogP contribution in [0, 0.1) is 17.8 Å². The van der Waals surface area contributed by atoms with Crippen LogP contribution in [0.3, 0.4) is 0 Å². The Morgan fingerprint density at radius 1 is 1.40 bits per heavy atom. The molecule has 0 aromatic carbocycles. The van der Waals surface area contributed by atoms with Gasteiger partial charge in [-0.05, 0) is 50.4 Å². The minimum atomic E-state index is -0.0698. The normalized spacial score (nSPS) is 36.9. The molecule has 0 aromatic heterocycles. The van der Waals surface area contributed by atoms with Gasteiger partial charge in [-0.3, -0.25) is 4.79 Å². The van der Waals surface area contributed by atoms with Gasteiger partial charge in [0.1, 0.15) is 0 Å². The van der Waals surface area contributed by atoms with E-state index in [1.54, 1.807) is 0 Å². The Balaban J connectivity index is 1.42. The average molecular weight is 208 g/mol. The number of nitrogens with two attached hydrogens (primary N) is 1. The van der Waals surface area contributed by atoms with Gasteiger partial charge in [-0.2, -0.15) is 0 Å². The Morgan fingerprint density at radius 2 is 2.13 bits per heavy atom. The van der Waals surface area contributed by atoms with Crippen LogP contribution in [0.25, 0.3) is 0 Å². The molecule has 3 heteroatoms. The van der Waals surface area contributed by atoms with Gasteiger partial charge < -0.3 is 11.1 Å². The zero-order chi connectivity index (χ0) is 10.5. The molecule has 0 aliphatic heterocycles. The van der Waals surface area contributed by atoms with E-state index >= 15 is 0 Å². The molecule has 0 aromatic rings. The molecule has 0 bridgehead atoms. The van der Waals surface area contributed by atoms with Gasteiger partial charge in [0.05, 0.1) is 0 Å². The molecule has 1 amide bonds. The Labute approximate surface area is 90.8 Å². The lowest BCUT2D eigenvalue weighted by Gasteiger charge is -2.38. The Bertz CT molecular complexity index is 281. The molecule has 15 heavy (non-hydrogen) atoms. The molecule has 0 spiro atoms. The molecule has 84 valence electrons. The van der Waals surface area contributed by atoms with E-state index in [2.05, 4.69) is 5.32 Å². The maximum Gasteiger partial charge on any atom is 0.223 e. The average Bonchev–Trinajstić information content (AvgIpc) is 3.01. The lowest BCUT2D eigenvalue weighted by atomic mass is 9.78. The van der Waals surface area contributed by atoms with Crippen LogP contribution < -0.4 is 11.1 Å². The van der Waals surface area contributed by atoms with Gasteiger partial charge in [-0.1, -0.05) is 0 Å². The van der Waals surface area contributed by atoms with Crippen molar-refractivity contribution in [2.24, 2.45) is 23.5 Å². The monoisotopic (exact) mass is 208 g/mol. The predicted octanol–water partition coefficient (Wildman–Crippen LogP) is 1.03. The van der Waals surface area contributed by atoms with E-state index in [9.17, 15) is 4.79 Å². The molecule has 0 heterocycles. The van der Waals surface area contributed by atoms with Crippen LogP contribution in [0.2, 0.25) is 0 Å². The van der Waals surface area contributed by atoms with Crippen molar-refractivity contribution in [1.29, 1.82) is 0 Å². The van der Waals surface area contributed by atoms with Gasteiger partial charge in [0.15, 0.2) is 0 Å². The summed E-state index contributed by atoms with van der Waals surface area (Å²) >= 11 is 0. The summed E-state index contributed by atoms with van der Waals surface area (Å²) < 4.78 is 0. The van der Waals surface area contributed by atoms with Crippen molar-refractivity contribution < 1.29 is 4.79 Å². The number of rotatable bonds is 4. The van der Waals surface area contributed by atoms with Crippen LogP contribution in [0.1, 0.15) is 38.5 Å². The second kappa shape index (κ2) is 3.21.